The van der Waals surface area contributed by atoms with Crippen LogP contribution in [0, 0.1) is 0 Å². The van der Waals surface area contributed by atoms with E-state index in [4.69, 9.17) is 21.2 Å². The summed E-state index contributed by atoms with van der Waals surface area (Å²) in [6.45, 7) is 3.93. The van der Waals surface area contributed by atoms with Crippen LogP contribution in [0.25, 0.3) is 15.7 Å². The monoisotopic (exact) mass is 413 g/mol. The minimum absolute atomic E-state index is 0.242. The van der Waals surface area contributed by atoms with Gasteiger partial charge in [0.05, 0.1) is 18.4 Å². The summed E-state index contributed by atoms with van der Waals surface area (Å²) in [7, 11) is 1.38. The van der Waals surface area contributed by atoms with Crippen molar-refractivity contribution >= 4 is 50.3 Å². The van der Waals surface area contributed by atoms with Gasteiger partial charge in [0.25, 0.3) is 0 Å². The molecule has 0 saturated carbocycles. The summed E-state index contributed by atoms with van der Waals surface area (Å²) in [5.74, 6) is -0.367. The zero-order valence-electron chi connectivity index (χ0n) is 15.9. The maximum Gasteiger partial charge on any atom is 0.338 e. The average molecular weight is 414 g/mol. The Labute approximate surface area is 173 Å². The number of hydrogen-bond donors (Lipinski definition) is 0. The number of hydrogen-bond acceptors (Lipinski definition) is 5. The van der Waals surface area contributed by atoms with E-state index in [1.54, 1.807) is 17.4 Å². The molecule has 0 radical (unpaired) electrons. The second-order valence-electron chi connectivity index (χ2n) is 6.06. The Morgan fingerprint density at radius 3 is 2.71 bits per heavy atom. The fourth-order valence-electron chi connectivity index (χ4n) is 2.87. The van der Waals surface area contributed by atoms with E-state index in [0.717, 1.165) is 31.8 Å². The quantitative estimate of drug-likeness (QED) is 0.213. The number of benzene rings is 2. The lowest BCUT2D eigenvalue weighted by atomic mass is 10.1. The highest BCUT2D eigenvalue weighted by Crippen LogP contribution is 2.36. The Balaban J connectivity index is 1.93. The summed E-state index contributed by atoms with van der Waals surface area (Å²) in [5.41, 5.74) is 3.06. The van der Waals surface area contributed by atoms with Gasteiger partial charge in [-0.2, -0.15) is 0 Å². The molecular weight excluding hydrogens is 394 g/mol. The molecule has 0 fully saturated rings. The summed E-state index contributed by atoms with van der Waals surface area (Å²) >= 11 is 7.58. The molecule has 0 atom stereocenters. The highest BCUT2D eigenvalue weighted by Gasteiger charge is 2.21. The molecule has 1 heterocycles. The molecule has 0 amide bonds. The van der Waals surface area contributed by atoms with Gasteiger partial charge in [-0.15, -0.1) is 11.3 Å². The Morgan fingerprint density at radius 2 is 2.00 bits per heavy atom. The van der Waals surface area contributed by atoms with Crippen LogP contribution in [-0.4, -0.2) is 18.8 Å². The first kappa shape index (κ1) is 20.1. The molecule has 3 rings (SSSR count). The molecule has 28 heavy (non-hydrogen) atoms. The first-order chi connectivity index (χ1) is 13.5. The Morgan fingerprint density at radius 1 is 1.21 bits per heavy atom. The molecule has 0 N–H and O–H groups in total. The SMILES string of the molecule is CC=C(C(=O)OC)c1sc2ccccc2c1CON=C(C)c1cccc(Cl)c1. The third-order valence-corrected chi connectivity index (χ3v) is 5.77. The largest absolute Gasteiger partial charge is 0.465 e. The van der Waals surface area contributed by atoms with Gasteiger partial charge in [0.2, 0.25) is 0 Å². The third kappa shape index (κ3) is 4.26. The number of carbonyl (C=O) groups is 1. The van der Waals surface area contributed by atoms with E-state index in [2.05, 4.69) is 5.16 Å². The van der Waals surface area contributed by atoms with Gasteiger partial charge in [-0.3, -0.25) is 0 Å². The molecule has 0 aliphatic carbocycles. The van der Waals surface area contributed by atoms with Crippen LogP contribution in [0.15, 0.2) is 59.8 Å². The van der Waals surface area contributed by atoms with Crippen molar-refractivity contribution in [3.63, 3.8) is 0 Å². The Kier molecular flexibility index (Phi) is 6.49. The average Bonchev–Trinajstić information content (AvgIpc) is 3.06. The molecule has 2 aromatic carbocycles. The van der Waals surface area contributed by atoms with Crippen LogP contribution in [-0.2, 0) is 21.0 Å². The number of ether oxygens (including phenoxy) is 1. The molecule has 0 aliphatic rings. The lowest BCUT2D eigenvalue weighted by Crippen LogP contribution is -2.04. The summed E-state index contributed by atoms with van der Waals surface area (Å²) in [4.78, 5) is 18.7. The molecule has 144 valence electrons. The first-order valence-corrected chi connectivity index (χ1v) is 9.92. The molecule has 0 saturated heterocycles. The van der Waals surface area contributed by atoms with Gasteiger partial charge in [-0.1, -0.05) is 53.2 Å². The van der Waals surface area contributed by atoms with Gasteiger partial charge in [-0.25, -0.2) is 4.79 Å². The predicted molar refractivity (Wildman–Crippen MR) is 116 cm³/mol. The number of thiophene rings is 1. The maximum atomic E-state index is 12.2. The van der Waals surface area contributed by atoms with Crippen molar-refractivity contribution in [3.8, 4) is 0 Å². The summed E-state index contributed by atoms with van der Waals surface area (Å²) in [5, 5.41) is 5.93. The molecule has 3 aromatic rings. The van der Waals surface area contributed by atoms with E-state index >= 15 is 0 Å². The molecule has 0 spiro atoms. The van der Waals surface area contributed by atoms with Gasteiger partial charge in [0.1, 0.15) is 6.61 Å². The van der Waals surface area contributed by atoms with Crippen molar-refractivity contribution < 1.29 is 14.4 Å². The summed E-state index contributed by atoms with van der Waals surface area (Å²) < 4.78 is 6.02. The standard InChI is InChI=1S/C22H20ClNO3S/c1-4-17(22(25)26-3)21-19(18-10-5-6-11-20(18)28-21)13-27-24-14(2)15-8-7-9-16(23)12-15/h4-12H,13H2,1-3H3. The van der Waals surface area contributed by atoms with E-state index in [1.165, 1.54) is 7.11 Å². The number of methoxy groups -OCH3 is 1. The summed E-state index contributed by atoms with van der Waals surface area (Å²) in [6.07, 6.45) is 1.76. The number of rotatable bonds is 6. The highest BCUT2D eigenvalue weighted by atomic mass is 35.5. The number of halogens is 1. The van der Waals surface area contributed by atoms with Crippen LogP contribution in [0.5, 0.6) is 0 Å². The number of nitrogens with zero attached hydrogens (tertiary/aromatic N) is 1. The molecule has 0 unspecified atom stereocenters. The summed E-state index contributed by atoms with van der Waals surface area (Å²) in [6, 6.07) is 15.4. The van der Waals surface area contributed by atoms with Gasteiger partial charge in [0.15, 0.2) is 0 Å². The van der Waals surface area contributed by atoms with Crippen molar-refractivity contribution in [1.29, 1.82) is 0 Å². The number of oxime groups is 1. The van der Waals surface area contributed by atoms with Crippen LogP contribution >= 0.6 is 22.9 Å². The molecule has 0 bridgehead atoms. The normalized spacial score (nSPS) is 12.3. The van der Waals surface area contributed by atoms with Crippen LogP contribution in [0.1, 0.15) is 29.9 Å². The lowest BCUT2D eigenvalue weighted by Gasteiger charge is -2.07. The lowest BCUT2D eigenvalue weighted by molar-refractivity contribution is -0.133. The van der Waals surface area contributed by atoms with Crippen molar-refractivity contribution in [3.05, 3.63) is 75.6 Å². The number of esters is 1. The van der Waals surface area contributed by atoms with Crippen LogP contribution in [0.2, 0.25) is 5.02 Å². The predicted octanol–water partition coefficient (Wildman–Crippen LogP) is 6.07. The fourth-order valence-corrected chi connectivity index (χ4v) is 4.33. The zero-order valence-corrected chi connectivity index (χ0v) is 17.4. The molecule has 1 aromatic heterocycles. The van der Waals surface area contributed by atoms with Crippen molar-refractivity contribution in [2.45, 2.75) is 20.5 Å². The van der Waals surface area contributed by atoms with E-state index in [9.17, 15) is 4.79 Å². The Bertz CT molecular complexity index is 1070. The van der Waals surface area contributed by atoms with Crippen molar-refractivity contribution in [1.82, 2.24) is 0 Å². The van der Waals surface area contributed by atoms with E-state index in [-0.39, 0.29) is 12.6 Å². The minimum Gasteiger partial charge on any atom is -0.465 e. The van der Waals surface area contributed by atoms with Crippen LogP contribution in [0.4, 0.5) is 0 Å². The van der Waals surface area contributed by atoms with Crippen LogP contribution in [0.3, 0.4) is 0 Å². The van der Waals surface area contributed by atoms with E-state index < -0.39 is 0 Å². The third-order valence-electron chi connectivity index (χ3n) is 4.29. The zero-order chi connectivity index (χ0) is 20.1. The van der Waals surface area contributed by atoms with Crippen molar-refractivity contribution in [2.24, 2.45) is 5.16 Å². The van der Waals surface area contributed by atoms with Gasteiger partial charge in [0, 0.05) is 25.7 Å². The maximum absolute atomic E-state index is 12.2. The smallest absolute Gasteiger partial charge is 0.338 e. The molecule has 0 aliphatic heterocycles. The van der Waals surface area contributed by atoms with Gasteiger partial charge >= 0.3 is 5.97 Å². The van der Waals surface area contributed by atoms with Gasteiger partial charge in [-0.05, 0) is 37.4 Å². The van der Waals surface area contributed by atoms with Crippen LogP contribution < -0.4 is 0 Å². The fraction of sp³-hybridized carbons (Fsp3) is 0.182. The highest BCUT2D eigenvalue weighted by molar-refractivity contribution is 7.20. The number of carbonyl (C=O) groups excluding carboxylic acids is 1. The molecule has 4 nitrogen and oxygen atoms in total. The topological polar surface area (TPSA) is 47.9 Å². The number of allylic oxidation sites excluding steroid dienone is 1. The minimum atomic E-state index is -0.367. The Hall–Kier alpha value is -2.63. The van der Waals surface area contributed by atoms with Gasteiger partial charge < -0.3 is 9.57 Å². The number of fused-ring (bicyclic) bond motifs is 1. The van der Waals surface area contributed by atoms with Crippen molar-refractivity contribution in [2.75, 3.05) is 7.11 Å². The first-order valence-electron chi connectivity index (χ1n) is 8.73. The second kappa shape index (κ2) is 9.04. The molecule has 6 heteroatoms. The second-order valence-corrected chi connectivity index (χ2v) is 7.55. The molecular formula is C22H20ClNO3S. The van der Waals surface area contributed by atoms with E-state index in [1.807, 2.05) is 62.4 Å². The van der Waals surface area contributed by atoms with E-state index in [0.29, 0.717) is 10.6 Å².